The van der Waals surface area contributed by atoms with Crippen LogP contribution in [0.3, 0.4) is 0 Å². The van der Waals surface area contributed by atoms with Crippen molar-refractivity contribution in [2.45, 2.75) is 37.5 Å². The van der Waals surface area contributed by atoms with Crippen molar-refractivity contribution < 1.29 is 27.2 Å². The van der Waals surface area contributed by atoms with Gasteiger partial charge in [-0.1, -0.05) is 17.4 Å². The van der Waals surface area contributed by atoms with Crippen molar-refractivity contribution in [3.05, 3.63) is 18.5 Å². The van der Waals surface area contributed by atoms with E-state index in [0.717, 1.165) is 0 Å². The Bertz CT molecular complexity index is 1100. The van der Waals surface area contributed by atoms with Gasteiger partial charge in [0.25, 0.3) is 0 Å². The number of aliphatic hydroxyl groups is 1. The van der Waals surface area contributed by atoms with Crippen molar-refractivity contribution in [3.63, 3.8) is 0 Å². The number of methoxy groups -OCH3 is 1. The van der Waals surface area contributed by atoms with Crippen LogP contribution in [-0.4, -0.2) is 70.3 Å². The maximum atomic E-state index is 11.7. The maximum Gasteiger partial charge on any atom is 0.333 e. The zero-order chi connectivity index (χ0) is 22.2. The van der Waals surface area contributed by atoms with Gasteiger partial charge in [-0.3, -0.25) is 8.98 Å². The predicted molar refractivity (Wildman–Crippen MR) is 107 cm³/mol. The molecule has 31 heavy (non-hydrogen) atoms. The highest BCUT2D eigenvalue weighted by molar-refractivity contribution is 7.84. The van der Waals surface area contributed by atoms with Crippen LogP contribution >= 0.6 is 0 Å². The quantitative estimate of drug-likeness (QED) is 0.355. The number of carbonyl (C=O) groups excluding carboxylic acids is 1. The van der Waals surface area contributed by atoms with Gasteiger partial charge < -0.3 is 15.2 Å². The highest BCUT2D eigenvalue weighted by atomic mass is 32.2. The molecule has 4 N–H and O–H groups in total. The summed E-state index contributed by atoms with van der Waals surface area (Å²) in [5.74, 6) is -0.544. The van der Waals surface area contributed by atoms with Crippen LogP contribution in [0.5, 0.6) is 0 Å². The largest absolute Gasteiger partial charge is 0.469 e. The summed E-state index contributed by atoms with van der Waals surface area (Å²) in [5.41, 5.74) is 0.936. The molecule has 168 valence electrons. The van der Waals surface area contributed by atoms with Gasteiger partial charge in [0.05, 0.1) is 31.8 Å². The molecule has 2 aliphatic carbocycles. The first-order valence-electron chi connectivity index (χ1n) is 9.69. The van der Waals surface area contributed by atoms with E-state index in [0.29, 0.717) is 36.2 Å². The molecule has 5 atom stereocenters. The Kier molecular flexibility index (Phi) is 5.88. The molecule has 0 aliphatic heterocycles. The SMILES string of the molecule is COC(=O)[C@H]1C=C[C@@H](Nc2ncnc3c2nnn3[C@@H]2C[C@@H](COS(N)(=O)=O)[C@@H](O)C2)C1. The van der Waals surface area contributed by atoms with Crippen LogP contribution in [0, 0.1) is 11.8 Å². The summed E-state index contributed by atoms with van der Waals surface area (Å²) >= 11 is 0. The number of carbonyl (C=O) groups is 1. The van der Waals surface area contributed by atoms with E-state index in [1.807, 2.05) is 6.08 Å². The number of nitrogens with zero attached hydrogens (tertiary/aromatic N) is 5. The second-order valence-corrected chi connectivity index (χ2v) is 8.88. The van der Waals surface area contributed by atoms with Gasteiger partial charge in [-0.15, -0.1) is 5.10 Å². The summed E-state index contributed by atoms with van der Waals surface area (Å²) in [6, 6.07) is -0.368. The number of fused-ring (bicyclic) bond motifs is 1. The van der Waals surface area contributed by atoms with Crippen LogP contribution in [0.2, 0.25) is 0 Å². The number of rotatable bonds is 7. The number of nitrogens with one attached hydrogen (secondary N) is 1. The molecule has 4 rings (SSSR count). The maximum absolute atomic E-state index is 11.7. The first-order chi connectivity index (χ1) is 14.7. The molecule has 14 heteroatoms. The van der Waals surface area contributed by atoms with Gasteiger partial charge in [-0.25, -0.2) is 19.8 Å². The number of aliphatic hydroxyl groups excluding tert-OH is 1. The van der Waals surface area contributed by atoms with Gasteiger partial charge in [-0.2, -0.15) is 8.42 Å². The zero-order valence-corrected chi connectivity index (χ0v) is 17.5. The van der Waals surface area contributed by atoms with Crippen molar-refractivity contribution in [1.29, 1.82) is 0 Å². The number of hydrogen-bond acceptors (Lipinski definition) is 11. The van der Waals surface area contributed by atoms with Crippen LogP contribution in [0.1, 0.15) is 25.3 Å². The Hall–Kier alpha value is -2.68. The third kappa shape index (κ3) is 4.66. The molecule has 2 aliphatic rings. The number of anilines is 1. The number of ether oxygens (including phenoxy) is 1. The van der Waals surface area contributed by atoms with E-state index in [1.54, 1.807) is 10.8 Å². The molecule has 0 amide bonds. The smallest absolute Gasteiger partial charge is 0.333 e. The average molecular weight is 453 g/mol. The monoisotopic (exact) mass is 453 g/mol. The fraction of sp³-hybridized carbons (Fsp3) is 0.588. The Morgan fingerprint density at radius 1 is 1.32 bits per heavy atom. The molecule has 0 spiro atoms. The molecule has 0 aromatic carbocycles. The molecular formula is C17H23N7O6S. The van der Waals surface area contributed by atoms with Crippen LogP contribution in [0.4, 0.5) is 5.82 Å². The molecule has 0 unspecified atom stereocenters. The molecule has 1 fully saturated rings. The number of nitrogens with two attached hydrogens (primary N) is 1. The lowest BCUT2D eigenvalue weighted by molar-refractivity contribution is -0.143. The van der Waals surface area contributed by atoms with Crippen molar-refractivity contribution in [2.75, 3.05) is 19.0 Å². The minimum absolute atomic E-state index is 0.125. The highest BCUT2D eigenvalue weighted by Crippen LogP contribution is 2.36. The van der Waals surface area contributed by atoms with E-state index in [9.17, 15) is 18.3 Å². The number of esters is 1. The van der Waals surface area contributed by atoms with Crippen LogP contribution in [0.25, 0.3) is 11.2 Å². The molecule has 2 aromatic heterocycles. The summed E-state index contributed by atoms with van der Waals surface area (Å²) in [4.78, 5) is 20.2. The third-order valence-corrected chi connectivity index (χ3v) is 6.06. The van der Waals surface area contributed by atoms with Gasteiger partial charge in [0.1, 0.15) is 6.33 Å². The van der Waals surface area contributed by atoms with E-state index in [2.05, 4.69) is 29.8 Å². The Morgan fingerprint density at radius 2 is 2.13 bits per heavy atom. The summed E-state index contributed by atoms with van der Waals surface area (Å²) in [6.45, 7) is -0.208. The molecule has 2 aromatic rings. The molecule has 13 nitrogen and oxygen atoms in total. The van der Waals surface area contributed by atoms with Gasteiger partial charge in [0.2, 0.25) is 0 Å². The highest BCUT2D eigenvalue weighted by Gasteiger charge is 2.36. The normalized spacial score (nSPS) is 28.3. The van der Waals surface area contributed by atoms with E-state index >= 15 is 0 Å². The van der Waals surface area contributed by atoms with E-state index in [1.165, 1.54) is 13.4 Å². The molecule has 0 radical (unpaired) electrons. The molecule has 1 saturated carbocycles. The van der Waals surface area contributed by atoms with Gasteiger partial charge in [-0.05, 0) is 19.3 Å². The van der Waals surface area contributed by atoms with Crippen LogP contribution in [0.15, 0.2) is 18.5 Å². The summed E-state index contributed by atoms with van der Waals surface area (Å²) in [5, 5.41) is 26.8. The minimum Gasteiger partial charge on any atom is -0.469 e. The Labute approximate surface area is 177 Å². The van der Waals surface area contributed by atoms with E-state index in [4.69, 9.17) is 9.88 Å². The Morgan fingerprint density at radius 3 is 2.87 bits per heavy atom. The predicted octanol–water partition coefficient (Wildman–Crippen LogP) is -0.717. The lowest BCUT2D eigenvalue weighted by atomic mass is 10.1. The van der Waals surface area contributed by atoms with E-state index in [-0.39, 0.29) is 30.6 Å². The van der Waals surface area contributed by atoms with Crippen LogP contribution < -0.4 is 10.5 Å². The van der Waals surface area contributed by atoms with E-state index < -0.39 is 22.3 Å². The topological polar surface area (TPSA) is 184 Å². The van der Waals surface area contributed by atoms with Gasteiger partial charge in [0, 0.05) is 12.0 Å². The first-order valence-corrected chi connectivity index (χ1v) is 11.2. The zero-order valence-electron chi connectivity index (χ0n) is 16.7. The lowest BCUT2D eigenvalue weighted by Crippen LogP contribution is -2.24. The van der Waals surface area contributed by atoms with Crippen molar-refractivity contribution in [3.8, 4) is 0 Å². The summed E-state index contributed by atoms with van der Waals surface area (Å²) < 4.78 is 33.1. The first kappa shape index (κ1) is 21.5. The fourth-order valence-electron chi connectivity index (χ4n) is 4.06. The molecule has 0 saturated heterocycles. The lowest BCUT2D eigenvalue weighted by Gasteiger charge is -2.14. The fourth-order valence-corrected chi connectivity index (χ4v) is 4.42. The second kappa shape index (κ2) is 8.45. The van der Waals surface area contributed by atoms with Crippen molar-refractivity contribution >= 4 is 33.3 Å². The van der Waals surface area contributed by atoms with Gasteiger partial charge >= 0.3 is 16.3 Å². The standard InChI is InChI=1S/C17H23N7O6S/c1-29-17(26)9-2-3-11(4-9)21-15-14-16(20-8-19-15)24(23-22-14)12-5-10(13(25)6-12)7-30-31(18,27)28/h2-3,8-13,25H,4-7H2,1H3,(H2,18,27,28)(H,19,20,21)/t9-,10-,11+,12+,13-/m0/s1. The Balaban J connectivity index is 1.48. The summed E-state index contributed by atoms with van der Waals surface area (Å²) in [7, 11) is -2.72. The molecule has 2 heterocycles. The van der Waals surface area contributed by atoms with Crippen molar-refractivity contribution in [1.82, 2.24) is 25.0 Å². The average Bonchev–Trinajstić information content (AvgIpc) is 3.44. The molecule has 0 bridgehead atoms. The summed E-state index contributed by atoms with van der Waals surface area (Å²) in [6.07, 6.45) is 5.58. The minimum atomic E-state index is -4.08. The second-order valence-electron chi connectivity index (χ2n) is 7.66. The molecular weight excluding hydrogens is 430 g/mol. The van der Waals surface area contributed by atoms with Crippen molar-refractivity contribution in [2.24, 2.45) is 17.0 Å². The van der Waals surface area contributed by atoms with Crippen LogP contribution in [-0.2, 0) is 24.0 Å². The number of hydrogen-bond donors (Lipinski definition) is 3. The third-order valence-electron chi connectivity index (χ3n) is 5.60. The van der Waals surface area contributed by atoms with Gasteiger partial charge in [0.15, 0.2) is 17.0 Å². The number of aromatic nitrogens is 5.